The zero-order valence-corrected chi connectivity index (χ0v) is 11.3. The van der Waals surface area contributed by atoms with E-state index in [1.54, 1.807) is 4.57 Å². The summed E-state index contributed by atoms with van der Waals surface area (Å²) >= 11 is 0. The summed E-state index contributed by atoms with van der Waals surface area (Å²) in [5.41, 5.74) is -0.254. The molecule has 8 heteroatoms. The van der Waals surface area contributed by atoms with Crippen molar-refractivity contribution >= 4 is 5.97 Å². The molecule has 1 unspecified atom stereocenters. The van der Waals surface area contributed by atoms with Gasteiger partial charge in [-0.2, -0.15) is 13.2 Å². The maximum atomic E-state index is 12.6. The van der Waals surface area contributed by atoms with Crippen LogP contribution in [-0.2, 0) is 23.9 Å². The molecule has 3 rings (SSSR count). The van der Waals surface area contributed by atoms with Gasteiger partial charge in [-0.05, 0) is 18.6 Å². The van der Waals surface area contributed by atoms with E-state index < -0.39 is 23.6 Å². The highest BCUT2D eigenvalue weighted by atomic mass is 19.4. The van der Waals surface area contributed by atoms with Gasteiger partial charge >= 0.3 is 12.1 Å². The topological polar surface area (TPSA) is 68.0 Å². The van der Waals surface area contributed by atoms with Crippen LogP contribution < -0.4 is 0 Å². The number of aryl methyl sites for hydroxylation is 1. The number of aromatic nitrogens is 3. The fourth-order valence-corrected chi connectivity index (χ4v) is 2.55. The third kappa shape index (κ3) is 2.56. The Labute approximate surface area is 123 Å². The lowest BCUT2D eigenvalue weighted by atomic mass is 9.99. The number of carboxylic acids is 1. The van der Waals surface area contributed by atoms with E-state index in [-0.39, 0.29) is 6.54 Å². The van der Waals surface area contributed by atoms with Gasteiger partial charge in [0.2, 0.25) is 0 Å². The second-order valence-electron chi connectivity index (χ2n) is 5.20. The first kappa shape index (κ1) is 14.6. The lowest BCUT2D eigenvalue weighted by molar-refractivity contribution is -0.142. The first-order chi connectivity index (χ1) is 10.4. The van der Waals surface area contributed by atoms with E-state index in [9.17, 15) is 18.0 Å². The number of halogens is 3. The Balaban J connectivity index is 1.94. The number of alkyl halides is 3. The Morgan fingerprint density at radius 3 is 2.50 bits per heavy atom. The average Bonchev–Trinajstić information content (AvgIpc) is 2.89. The summed E-state index contributed by atoms with van der Waals surface area (Å²) < 4.78 is 39.4. The number of nitrogens with zero attached hydrogens (tertiary/aromatic N) is 3. The van der Waals surface area contributed by atoms with Crippen LogP contribution in [0.15, 0.2) is 24.3 Å². The molecule has 1 N–H and O–H groups in total. The second-order valence-corrected chi connectivity index (χ2v) is 5.20. The van der Waals surface area contributed by atoms with Gasteiger partial charge in [-0.25, -0.2) is 0 Å². The van der Waals surface area contributed by atoms with E-state index in [2.05, 4.69) is 10.2 Å². The third-order valence-electron chi connectivity index (χ3n) is 3.77. The summed E-state index contributed by atoms with van der Waals surface area (Å²) in [7, 11) is 0. The van der Waals surface area contributed by atoms with Gasteiger partial charge in [-0.15, -0.1) is 10.2 Å². The second kappa shape index (κ2) is 5.11. The lowest BCUT2D eigenvalue weighted by Gasteiger charge is -2.21. The standard InChI is InChI=1S/C14H12F3N3O2/c15-14(16,17)10-4-1-8(2-5-10)12-19-18-11-6-3-9(13(21)22)7-20(11)12/h1-2,4-5,9H,3,6-7H2,(H,21,22). The zero-order chi connectivity index (χ0) is 15.9. The Hall–Kier alpha value is -2.38. The Kier molecular flexibility index (Phi) is 3.38. The number of hydrogen-bond acceptors (Lipinski definition) is 3. The number of fused-ring (bicyclic) bond motifs is 1. The molecule has 1 aromatic carbocycles. The highest BCUT2D eigenvalue weighted by Crippen LogP contribution is 2.31. The Morgan fingerprint density at radius 1 is 1.23 bits per heavy atom. The van der Waals surface area contributed by atoms with Crippen molar-refractivity contribution in [3.05, 3.63) is 35.7 Å². The van der Waals surface area contributed by atoms with Crippen molar-refractivity contribution in [3.8, 4) is 11.4 Å². The molecule has 1 aromatic heterocycles. The third-order valence-corrected chi connectivity index (χ3v) is 3.77. The van der Waals surface area contributed by atoms with Gasteiger partial charge in [0.25, 0.3) is 0 Å². The van der Waals surface area contributed by atoms with E-state index in [1.165, 1.54) is 12.1 Å². The zero-order valence-electron chi connectivity index (χ0n) is 11.3. The molecule has 5 nitrogen and oxygen atoms in total. The van der Waals surface area contributed by atoms with Gasteiger partial charge in [0.05, 0.1) is 11.5 Å². The van der Waals surface area contributed by atoms with Crippen LogP contribution >= 0.6 is 0 Å². The summed E-state index contributed by atoms with van der Waals surface area (Å²) in [6.07, 6.45) is -3.41. The number of aliphatic carboxylic acids is 1. The molecular weight excluding hydrogens is 299 g/mol. The van der Waals surface area contributed by atoms with Gasteiger partial charge in [0, 0.05) is 18.5 Å². The summed E-state index contributed by atoms with van der Waals surface area (Å²) in [5, 5.41) is 17.1. The number of carboxylic acid groups (broad SMARTS) is 1. The van der Waals surface area contributed by atoms with Gasteiger partial charge in [0.1, 0.15) is 5.82 Å². The van der Waals surface area contributed by atoms with Gasteiger partial charge in [-0.1, -0.05) is 12.1 Å². The fourth-order valence-electron chi connectivity index (χ4n) is 2.55. The molecular formula is C14H12F3N3O2. The van der Waals surface area contributed by atoms with E-state index in [4.69, 9.17) is 5.11 Å². The van der Waals surface area contributed by atoms with Crippen LogP contribution in [0, 0.1) is 5.92 Å². The predicted molar refractivity (Wildman–Crippen MR) is 69.9 cm³/mol. The molecule has 0 spiro atoms. The van der Waals surface area contributed by atoms with Crippen molar-refractivity contribution in [2.75, 3.05) is 0 Å². The van der Waals surface area contributed by atoms with Crippen LogP contribution in [0.25, 0.3) is 11.4 Å². The van der Waals surface area contributed by atoms with Crippen molar-refractivity contribution in [3.63, 3.8) is 0 Å². The van der Waals surface area contributed by atoms with Crippen molar-refractivity contribution in [1.82, 2.24) is 14.8 Å². The Bertz CT molecular complexity index is 707. The molecule has 2 aromatic rings. The molecule has 116 valence electrons. The number of benzene rings is 1. The van der Waals surface area contributed by atoms with E-state index in [0.717, 1.165) is 12.1 Å². The van der Waals surface area contributed by atoms with Crippen molar-refractivity contribution in [2.45, 2.75) is 25.6 Å². The number of hydrogen-bond donors (Lipinski definition) is 1. The van der Waals surface area contributed by atoms with Crippen LogP contribution in [0.5, 0.6) is 0 Å². The monoisotopic (exact) mass is 311 g/mol. The van der Waals surface area contributed by atoms with Crippen LogP contribution in [0.2, 0.25) is 0 Å². The van der Waals surface area contributed by atoms with Crippen molar-refractivity contribution in [2.24, 2.45) is 5.92 Å². The smallest absolute Gasteiger partial charge is 0.416 e. The normalized spacial score (nSPS) is 18.0. The van der Waals surface area contributed by atoms with Crippen molar-refractivity contribution in [1.29, 1.82) is 0 Å². The van der Waals surface area contributed by atoms with E-state index >= 15 is 0 Å². The van der Waals surface area contributed by atoms with Crippen LogP contribution in [0.1, 0.15) is 17.8 Å². The number of carbonyl (C=O) groups is 1. The average molecular weight is 311 g/mol. The maximum Gasteiger partial charge on any atom is 0.416 e. The molecule has 0 amide bonds. The lowest BCUT2D eigenvalue weighted by Crippen LogP contribution is -2.27. The largest absolute Gasteiger partial charge is 0.481 e. The molecule has 1 aliphatic rings. The molecule has 0 bridgehead atoms. The molecule has 1 atom stereocenters. The van der Waals surface area contributed by atoms with Gasteiger partial charge in [-0.3, -0.25) is 4.79 Å². The maximum absolute atomic E-state index is 12.6. The molecule has 2 heterocycles. The minimum atomic E-state index is -4.39. The summed E-state index contributed by atoms with van der Waals surface area (Å²) in [5.74, 6) is -0.364. The molecule has 0 saturated carbocycles. The van der Waals surface area contributed by atoms with Gasteiger partial charge in [0.15, 0.2) is 5.82 Å². The summed E-state index contributed by atoms with van der Waals surface area (Å²) in [6, 6.07) is 4.61. The minimum absolute atomic E-state index is 0.230. The SMILES string of the molecule is O=C(O)C1CCc2nnc(-c3ccc(C(F)(F)F)cc3)n2C1. The summed E-state index contributed by atoms with van der Waals surface area (Å²) in [6.45, 7) is 0.230. The molecule has 0 fully saturated rings. The first-order valence-electron chi connectivity index (χ1n) is 6.69. The van der Waals surface area contributed by atoms with Crippen molar-refractivity contribution < 1.29 is 23.1 Å². The molecule has 0 saturated heterocycles. The fraction of sp³-hybridized carbons (Fsp3) is 0.357. The van der Waals surface area contributed by atoms with E-state index in [1.807, 2.05) is 0 Å². The van der Waals surface area contributed by atoms with Crippen LogP contribution in [0.4, 0.5) is 13.2 Å². The predicted octanol–water partition coefficient (Wildman–Crippen LogP) is 2.61. The first-order valence-corrected chi connectivity index (χ1v) is 6.69. The highest BCUT2D eigenvalue weighted by Gasteiger charge is 2.31. The highest BCUT2D eigenvalue weighted by molar-refractivity contribution is 5.70. The van der Waals surface area contributed by atoms with Gasteiger partial charge < -0.3 is 9.67 Å². The van der Waals surface area contributed by atoms with Crippen LogP contribution in [-0.4, -0.2) is 25.8 Å². The molecule has 0 aliphatic carbocycles. The quantitative estimate of drug-likeness (QED) is 0.925. The molecule has 1 aliphatic heterocycles. The number of rotatable bonds is 2. The summed E-state index contributed by atoms with van der Waals surface area (Å²) in [4.78, 5) is 11.1. The minimum Gasteiger partial charge on any atom is -0.481 e. The van der Waals surface area contributed by atoms with E-state index in [0.29, 0.717) is 30.1 Å². The Morgan fingerprint density at radius 2 is 1.91 bits per heavy atom. The van der Waals surface area contributed by atoms with Crippen LogP contribution in [0.3, 0.4) is 0 Å². The molecule has 22 heavy (non-hydrogen) atoms. The molecule has 0 radical (unpaired) electrons.